The number of rotatable bonds is 5. The van der Waals surface area contributed by atoms with Crippen molar-refractivity contribution in [3.63, 3.8) is 0 Å². The number of nitrogens with zero attached hydrogens (tertiary/aromatic N) is 7. The average molecular weight is 444 g/mol. The minimum absolute atomic E-state index is 0.228. The van der Waals surface area contributed by atoms with Gasteiger partial charge in [0.2, 0.25) is 11.9 Å². The Bertz CT molecular complexity index is 1050. The zero-order valence-corrected chi connectivity index (χ0v) is 18.8. The average Bonchev–Trinajstić information content (AvgIpc) is 2.90. The quantitative estimate of drug-likeness (QED) is 0.598. The van der Waals surface area contributed by atoms with E-state index in [0.717, 1.165) is 69.6 Å². The van der Waals surface area contributed by atoms with Gasteiger partial charge in [-0.2, -0.15) is 0 Å². The van der Waals surface area contributed by atoms with E-state index in [1.165, 1.54) is 5.69 Å². The van der Waals surface area contributed by atoms with Crippen molar-refractivity contribution in [2.24, 2.45) is 0 Å². The van der Waals surface area contributed by atoms with Gasteiger partial charge in [-0.3, -0.25) is 14.7 Å². The minimum atomic E-state index is 0.228. The van der Waals surface area contributed by atoms with Crippen LogP contribution in [0.15, 0.2) is 67.1 Å². The van der Waals surface area contributed by atoms with Gasteiger partial charge in [0.15, 0.2) is 0 Å². The third kappa shape index (κ3) is 5.12. The number of carbonyl (C=O) groups excluding carboxylic acids is 1. The fourth-order valence-corrected chi connectivity index (χ4v) is 4.43. The van der Waals surface area contributed by atoms with Gasteiger partial charge in [-0.15, -0.1) is 0 Å². The summed E-state index contributed by atoms with van der Waals surface area (Å²) in [5, 5.41) is 0. The third-order valence-electron chi connectivity index (χ3n) is 6.37. The fraction of sp³-hybridized carbons (Fsp3) is 0.360. The Morgan fingerprint density at radius 1 is 0.788 bits per heavy atom. The molecule has 0 atom stereocenters. The molecule has 0 bridgehead atoms. The molecular formula is C25H29N7O. The van der Waals surface area contributed by atoms with Crippen molar-refractivity contribution in [1.82, 2.24) is 24.8 Å². The Morgan fingerprint density at radius 2 is 1.55 bits per heavy atom. The van der Waals surface area contributed by atoms with Gasteiger partial charge in [-0.1, -0.05) is 18.2 Å². The smallest absolute Gasteiger partial charge is 0.236 e. The molecule has 0 aliphatic carbocycles. The molecule has 2 fully saturated rings. The maximum Gasteiger partial charge on any atom is 0.236 e. The van der Waals surface area contributed by atoms with Crippen molar-refractivity contribution < 1.29 is 4.79 Å². The van der Waals surface area contributed by atoms with E-state index in [1.54, 1.807) is 12.4 Å². The summed E-state index contributed by atoms with van der Waals surface area (Å²) in [6.07, 6.45) is 5.38. The molecule has 8 nitrogen and oxygen atoms in total. The van der Waals surface area contributed by atoms with Gasteiger partial charge in [0.05, 0.1) is 12.2 Å². The van der Waals surface area contributed by atoms with Crippen LogP contribution < -0.4 is 9.80 Å². The molecule has 0 unspecified atom stereocenters. The van der Waals surface area contributed by atoms with Crippen LogP contribution in [0, 0.1) is 0 Å². The highest BCUT2D eigenvalue weighted by molar-refractivity contribution is 5.78. The first-order valence-electron chi connectivity index (χ1n) is 11.5. The molecule has 0 spiro atoms. The molecule has 0 saturated carbocycles. The summed E-state index contributed by atoms with van der Waals surface area (Å²) in [4.78, 5) is 35.1. The van der Waals surface area contributed by atoms with Crippen LogP contribution in [0.5, 0.6) is 0 Å². The van der Waals surface area contributed by atoms with E-state index in [4.69, 9.17) is 4.98 Å². The number of benzene rings is 1. The maximum atomic E-state index is 12.9. The SMILES string of the molecule is O=C(CN1CCN(c2nccc(-c3cccnc3)n2)CC1)N1CCN(c2ccccc2)CC1. The zero-order chi connectivity index (χ0) is 22.5. The predicted molar refractivity (Wildman–Crippen MR) is 129 cm³/mol. The second-order valence-electron chi connectivity index (χ2n) is 8.45. The first-order chi connectivity index (χ1) is 16.3. The predicted octanol–water partition coefficient (Wildman–Crippen LogP) is 2.01. The van der Waals surface area contributed by atoms with Crippen LogP contribution in [0.3, 0.4) is 0 Å². The Balaban J connectivity index is 1.11. The van der Waals surface area contributed by atoms with Crippen molar-refractivity contribution in [3.05, 3.63) is 67.1 Å². The lowest BCUT2D eigenvalue weighted by molar-refractivity contribution is -0.132. The molecule has 8 heteroatoms. The number of para-hydroxylation sites is 1. The highest BCUT2D eigenvalue weighted by Crippen LogP contribution is 2.19. The third-order valence-corrected chi connectivity index (χ3v) is 6.37. The summed E-state index contributed by atoms with van der Waals surface area (Å²) in [5.74, 6) is 0.963. The van der Waals surface area contributed by atoms with Crippen molar-refractivity contribution in [1.29, 1.82) is 0 Å². The molecule has 2 aliphatic rings. The molecule has 2 aliphatic heterocycles. The van der Waals surface area contributed by atoms with Crippen LogP contribution in [0.2, 0.25) is 0 Å². The van der Waals surface area contributed by atoms with E-state index in [-0.39, 0.29) is 5.91 Å². The number of piperazine rings is 2. The van der Waals surface area contributed by atoms with Gasteiger partial charge in [0.1, 0.15) is 0 Å². The molecule has 0 N–H and O–H groups in total. The molecule has 1 aromatic carbocycles. The molecule has 1 amide bonds. The number of aromatic nitrogens is 3. The first kappa shape index (κ1) is 21.3. The van der Waals surface area contributed by atoms with Crippen molar-refractivity contribution >= 4 is 17.5 Å². The van der Waals surface area contributed by atoms with Crippen LogP contribution in [-0.2, 0) is 4.79 Å². The highest BCUT2D eigenvalue weighted by atomic mass is 16.2. The van der Waals surface area contributed by atoms with Crippen molar-refractivity contribution in [3.8, 4) is 11.3 Å². The maximum absolute atomic E-state index is 12.9. The molecule has 2 aromatic heterocycles. The van der Waals surface area contributed by atoms with Crippen LogP contribution in [0.1, 0.15) is 0 Å². The highest BCUT2D eigenvalue weighted by Gasteiger charge is 2.25. The Hall–Kier alpha value is -3.52. The Morgan fingerprint density at radius 3 is 2.27 bits per heavy atom. The van der Waals surface area contributed by atoms with Gasteiger partial charge >= 0.3 is 0 Å². The van der Waals surface area contributed by atoms with Crippen LogP contribution >= 0.6 is 0 Å². The largest absolute Gasteiger partial charge is 0.368 e. The lowest BCUT2D eigenvalue weighted by atomic mass is 10.2. The van der Waals surface area contributed by atoms with E-state index in [1.807, 2.05) is 35.4 Å². The molecule has 0 radical (unpaired) electrons. The van der Waals surface area contributed by atoms with E-state index in [9.17, 15) is 4.79 Å². The van der Waals surface area contributed by atoms with Crippen molar-refractivity contribution in [2.45, 2.75) is 0 Å². The molecule has 170 valence electrons. The van der Waals surface area contributed by atoms with Crippen LogP contribution in [0.4, 0.5) is 11.6 Å². The number of anilines is 2. The van der Waals surface area contributed by atoms with Gasteiger partial charge in [0.25, 0.3) is 0 Å². The zero-order valence-electron chi connectivity index (χ0n) is 18.8. The summed E-state index contributed by atoms with van der Waals surface area (Å²) in [5.41, 5.74) is 3.09. The first-order valence-corrected chi connectivity index (χ1v) is 11.5. The van der Waals surface area contributed by atoms with E-state index >= 15 is 0 Å². The molecule has 2 saturated heterocycles. The van der Waals surface area contributed by atoms with Gasteiger partial charge < -0.3 is 14.7 Å². The number of hydrogen-bond acceptors (Lipinski definition) is 7. The normalized spacial score (nSPS) is 17.3. The standard InChI is InChI=1S/C25H29N7O/c33-24(31-17-15-30(16-18-31)22-6-2-1-3-7-22)20-29-11-13-32(14-12-29)25-27-10-8-23(28-25)21-5-4-9-26-19-21/h1-10,19H,11-18,20H2. The second kappa shape index (κ2) is 9.95. The fourth-order valence-electron chi connectivity index (χ4n) is 4.43. The lowest BCUT2D eigenvalue weighted by Crippen LogP contribution is -2.54. The van der Waals surface area contributed by atoms with Gasteiger partial charge in [0, 0.05) is 82.2 Å². The number of carbonyl (C=O) groups is 1. The van der Waals surface area contributed by atoms with Gasteiger partial charge in [-0.05, 0) is 30.3 Å². The Labute approximate surface area is 194 Å². The summed E-state index contributed by atoms with van der Waals surface area (Å²) in [6, 6.07) is 16.2. The van der Waals surface area contributed by atoms with Gasteiger partial charge in [-0.25, -0.2) is 9.97 Å². The molecule has 5 rings (SSSR count). The summed E-state index contributed by atoms with van der Waals surface area (Å²) < 4.78 is 0. The van der Waals surface area contributed by atoms with E-state index in [0.29, 0.717) is 6.54 Å². The summed E-state index contributed by atoms with van der Waals surface area (Å²) in [6.45, 7) is 7.09. The molecule has 3 aromatic rings. The van der Waals surface area contributed by atoms with E-state index < -0.39 is 0 Å². The second-order valence-corrected chi connectivity index (χ2v) is 8.45. The monoisotopic (exact) mass is 443 g/mol. The topological polar surface area (TPSA) is 68.7 Å². The minimum Gasteiger partial charge on any atom is -0.368 e. The lowest BCUT2D eigenvalue weighted by Gasteiger charge is -2.38. The molecule has 4 heterocycles. The summed E-state index contributed by atoms with van der Waals surface area (Å²) in [7, 11) is 0. The molecular weight excluding hydrogens is 414 g/mol. The van der Waals surface area contributed by atoms with E-state index in [2.05, 4.69) is 48.9 Å². The number of hydrogen-bond donors (Lipinski definition) is 0. The van der Waals surface area contributed by atoms with Crippen molar-refractivity contribution in [2.75, 3.05) is 68.7 Å². The molecule has 33 heavy (non-hydrogen) atoms. The number of amides is 1. The van der Waals surface area contributed by atoms with Crippen LogP contribution in [0.25, 0.3) is 11.3 Å². The Kier molecular flexibility index (Phi) is 6.44. The number of pyridine rings is 1. The summed E-state index contributed by atoms with van der Waals surface area (Å²) >= 11 is 0. The van der Waals surface area contributed by atoms with Crippen LogP contribution in [-0.4, -0.2) is 89.6 Å².